The minimum absolute atomic E-state index is 1.01. The SMILES string of the molecule is CCC1=CCc2coc(CC)c21. The van der Waals surface area contributed by atoms with E-state index in [1.54, 1.807) is 0 Å². The highest BCUT2D eigenvalue weighted by Gasteiger charge is 2.18. The van der Waals surface area contributed by atoms with Gasteiger partial charge >= 0.3 is 0 Å². The summed E-state index contributed by atoms with van der Waals surface area (Å²) < 4.78 is 5.48. The molecule has 12 heavy (non-hydrogen) atoms. The van der Waals surface area contributed by atoms with Crippen molar-refractivity contribution in [2.75, 3.05) is 0 Å². The monoisotopic (exact) mass is 162 g/mol. The number of furan rings is 1. The number of hydrogen-bond donors (Lipinski definition) is 0. The third-order valence-corrected chi connectivity index (χ3v) is 2.53. The van der Waals surface area contributed by atoms with E-state index in [0.717, 1.165) is 25.0 Å². The zero-order valence-corrected chi connectivity index (χ0v) is 7.68. The predicted molar refractivity (Wildman–Crippen MR) is 50.1 cm³/mol. The minimum atomic E-state index is 1.01. The van der Waals surface area contributed by atoms with Gasteiger partial charge in [-0.15, -0.1) is 0 Å². The van der Waals surface area contributed by atoms with Crippen LogP contribution in [0.5, 0.6) is 0 Å². The summed E-state index contributed by atoms with van der Waals surface area (Å²) in [4.78, 5) is 0. The van der Waals surface area contributed by atoms with Crippen molar-refractivity contribution in [3.63, 3.8) is 0 Å². The zero-order valence-electron chi connectivity index (χ0n) is 7.68. The lowest BCUT2D eigenvalue weighted by Gasteiger charge is -1.99. The van der Waals surface area contributed by atoms with Gasteiger partial charge in [0, 0.05) is 17.5 Å². The van der Waals surface area contributed by atoms with Gasteiger partial charge in [-0.2, -0.15) is 0 Å². The fraction of sp³-hybridized carbons (Fsp3) is 0.455. The molecule has 0 fully saturated rings. The molecule has 2 rings (SSSR count). The maximum atomic E-state index is 5.48. The molecule has 1 aliphatic rings. The second-order valence-electron chi connectivity index (χ2n) is 3.20. The maximum absolute atomic E-state index is 5.48. The standard InChI is InChI=1S/C11H14O/c1-3-8-5-6-9-7-12-10(4-2)11(8)9/h5,7H,3-4,6H2,1-2H3. The molecule has 0 saturated carbocycles. The fourth-order valence-corrected chi connectivity index (χ4v) is 1.89. The first-order valence-corrected chi connectivity index (χ1v) is 4.65. The van der Waals surface area contributed by atoms with Crippen molar-refractivity contribution in [2.45, 2.75) is 33.1 Å². The Morgan fingerprint density at radius 2 is 2.17 bits per heavy atom. The van der Waals surface area contributed by atoms with Crippen LogP contribution in [0.25, 0.3) is 5.57 Å². The van der Waals surface area contributed by atoms with Crippen LogP contribution in [0.15, 0.2) is 16.8 Å². The third-order valence-electron chi connectivity index (χ3n) is 2.53. The Morgan fingerprint density at radius 1 is 1.33 bits per heavy atom. The molecule has 0 aromatic carbocycles. The van der Waals surface area contributed by atoms with Gasteiger partial charge in [-0.25, -0.2) is 0 Å². The number of fused-ring (bicyclic) bond motifs is 1. The predicted octanol–water partition coefficient (Wildman–Crippen LogP) is 3.19. The van der Waals surface area contributed by atoms with E-state index in [-0.39, 0.29) is 0 Å². The number of hydrogen-bond acceptors (Lipinski definition) is 1. The molecule has 1 aromatic heterocycles. The van der Waals surface area contributed by atoms with Gasteiger partial charge in [0.1, 0.15) is 5.76 Å². The lowest BCUT2D eigenvalue weighted by molar-refractivity contribution is 0.513. The second-order valence-corrected chi connectivity index (χ2v) is 3.20. The summed E-state index contributed by atoms with van der Waals surface area (Å²) in [5.74, 6) is 1.16. The Bertz CT molecular complexity index is 318. The molecular weight excluding hydrogens is 148 g/mol. The van der Waals surface area contributed by atoms with Crippen molar-refractivity contribution in [3.05, 3.63) is 29.2 Å². The molecule has 0 aliphatic heterocycles. The molecule has 1 aromatic rings. The van der Waals surface area contributed by atoms with Gasteiger partial charge in [0.15, 0.2) is 0 Å². The summed E-state index contributed by atoms with van der Waals surface area (Å²) in [6.45, 7) is 4.35. The van der Waals surface area contributed by atoms with Crippen molar-refractivity contribution in [3.8, 4) is 0 Å². The summed E-state index contributed by atoms with van der Waals surface area (Å²) in [6.07, 6.45) is 7.43. The number of rotatable bonds is 2. The van der Waals surface area contributed by atoms with Crippen molar-refractivity contribution >= 4 is 5.57 Å². The molecule has 64 valence electrons. The smallest absolute Gasteiger partial charge is 0.111 e. The van der Waals surface area contributed by atoms with Crippen molar-refractivity contribution < 1.29 is 4.42 Å². The summed E-state index contributed by atoms with van der Waals surface area (Å²) in [5.41, 5.74) is 4.25. The quantitative estimate of drug-likeness (QED) is 0.651. The van der Waals surface area contributed by atoms with E-state index in [1.807, 2.05) is 6.26 Å². The van der Waals surface area contributed by atoms with Gasteiger partial charge < -0.3 is 4.42 Å². The number of allylic oxidation sites excluding steroid dienone is 2. The normalized spacial score (nSPS) is 14.7. The average Bonchev–Trinajstić information content (AvgIpc) is 2.62. The molecule has 0 bridgehead atoms. The first kappa shape index (κ1) is 7.66. The van der Waals surface area contributed by atoms with E-state index in [2.05, 4.69) is 19.9 Å². The zero-order chi connectivity index (χ0) is 8.55. The maximum Gasteiger partial charge on any atom is 0.111 e. The molecule has 1 heterocycles. The fourth-order valence-electron chi connectivity index (χ4n) is 1.89. The van der Waals surface area contributed by atoms with Gasteiger partial charge in [-0.3, -0.25) is 0 Å². The Morgan fingerprint density at radius 3 is 2.83 bits per heavy atom. The van der Waals surface area contributed by atoms with Crippen LogP contribution in [0.3, 0.4) is 0 Å². The highest BCUT2D eigenvalue weighted by molar-refractivity contribution is 5.74. The molecule has 0 unspecified atom stereocenters. The Kier molecular flexibility index (Phi) is 1.80. The Hall–Kier alpha value is -0.980. The van der Waals surface area contributed by atoms with Gasteiger partial charge in [0.2, 0.25) is 0 Å². The lowest BCUT2D eigenvalue weighted by Crippen LogP contribution is -1.84. The first-order chi connectivity index (χ1) is 5.86. The molecule has 1 heteroatoms. The van der Waals surface area contributed by atoms with E-state index in [4.69, 9.17) is 4.42 Å². The third kappa shape index (κ3) is 0.927. The van der Waals surface area contributed by atoms with Gasteiger partial charge in [0.25, 0.3) is 0 Å². The van der Waals surface area contributed by atoms with Crippen LogP contribution in [0.2, 0.25) is 0 Å². The molecule has 0 amide bonds. The van der Waals surface area contributed by atoms with E-state index in [0.29, 0.717) is 0 Å². The highest BCUT2D eigenvalue weighted by atomic mass is 16.3. The largest absolute Gasteiger partial charge is 0.468 e. The van der Waals surface area contributed by atoms with Crippen LogP contribution in [0.4, 0.5) is 0 Å². The summed E-state index contributed by atoms with van der Waals surface area (Å²) >= 11 is 0. The summed E-state index contributed by atoms with van der Waals surface area (Å²) in [5, 5.41) is 0. The topological polar surface area (TPSA) is 13.1 Å². The number of aryl methyl sites for hydroxylation is 1. The van der Waals surface area contributed by atoms with Crippen LogP contribution in [-0.2, 0) is 12.8 Å². The first-order valence-electron chi connectivity index (χ1n) is 4.65. The van der Waals surface area contributed by atoms with Crippen LogP contribution in [0, 0.1) is 0 Å². The molecule has 0 saturated heterocycles. The second kappa shape index (κ2) is 2.81. The van der Waals surface area contributed by atoms with E-state index < -0.39 is 0 Å². The molecule has 0 N–H and O–H groups in total. The van der Waals surface area contributed by atoms with E-state index in [9.17, 15) is 0 Å². The van der Waals surface area contributed by atoms with Gasteiger partial charge in [-0.1, -0.05) is 19.9 Å². The summed E-state index contributed by atoms with van der Waals surface area (Å²) in [7, 11) is 0. The van der Waals surface area contributed by atoms with Crippen LogP contribution in [-0.4, -0.2) is 0 Å². The molecule has 0 spiro atoms. The average molecular weight is 162 g/mol. The van der Waals surface area contributed by atoms with Crippen molar-refractivity contribution in [1.82, 2.24) is 0 Å². The Balaban J connectivity index is 2.47. The molecule has 0 atom stereocenters. The summed E-state index contributed by atoms with van der Waals surface area (Å²) in [6, 6.07) is 0. The van der Waals surface area contributed by atoms with Crippen LogP contribution >= 0.6 is 0 Å². The Labute approximate surface area is 73.1 Å². The van der Waals surface area contributed by atoms with Crippen LogP contribution in [0.1, 0.15) is 37.2 Å². The van der Waals surface area contributed by atoms with Crippen molar-refractivity contribution in [2.24, 2.45) is 0 Å². The van der Waals surface area contributed by atoms with Gasteiger partial charge in [0.05, 0.1) is 6.26 Å². The molecular formula is C11H14O. The molecule has 1 nitrogen and oxygen atoms in total. The highest BCUT2D eigenvalue weighted by Crippen LogP contribution is 2.33. The lowest BCUT2D eigenvalue weighted by atomic mass is 10.0. The van der Waals surface area contributed by atoms with Crippen molar-refractivity contribution in [1.29, 1.82) is 0 Å². The van der Waals surface area contributed by atoms with E-state index in [1.165, 1.54) is 16.7 Å². The molecule has 0 radical (unpaired) electrons. The van der Waals surface area contributed by atoms with Crippen LogP contribution < -0.4 is 0 Å². The van der Waals surface area contributed by atoms with Gasteiger partial charge in [-0.05, 0) is 18.4 Å². The minimum Gasteiger partial charge on any atom is -0.468 e. The molecule has 1 aliphatic carbocycles. The van der Waals surface area contributed by atoms with E-state index >= 15 is 0 Å².